The van der Waals surface area contributed by atoms with Crippen LogP contribution in [-0.2, 0) is 4.74 Å². The van der Waals surface area contributed by atoms with E-state index in [9.17, 15) is 4.39 Å². The van der Waals surface area contributed by atoms with Crippen LogP contribution >= 0.6 is 0 Å². The summed E-state index contributed by atoms with van der Waals surface area (Å²) in [4.78, 5) is 6.48. The highest BCUT2D eigenvalue weighted by Crippen LogP contribution is 2.18. The van der Waals surface area contributed by atoms with Gasteiger partial charge in [0.1, 0.15) is 12.1 Å². The Bertz CT molecular complexity index is 561. The molecule has 20 heavy (non-hydrogen) atoms. The SMILES string of the molecule is COC1CCN(c2ncn(-c3ccc(F)cc3)n2)CC1. The molecule has 1 aromatic heterocycles. The summed E-state index contributed by atoms with van der Waals surface area (Å²) in [6, 6.07) is 6.21. The Morgan fingerprint density at radius 2 is 1.90 bits per heavy atom. The van der Waals surface area contributed by atoms with Crippen molar-refractivity contribution in [2.75, 3.05) is 25.1 Å². The van der Waals surface area contributed by atoms with Gasteiger partial charge in [0, 0.05) is 20.2 Å². The predicted molar refractivity (Wildman–Crippen MR) is 73.6 cm³/mol. The lowest BCUT2D eigenvalue weighted by atomic mass is 10.1. The van der Waals surface area contributed by atoms with Gasteiger partial charge in [-0.3, -0.25) is 0 Å². The molecular weight excluding hydrogens is 259 g/mol. The van der Waals surface area contributed by atoms with Crippen LogP contribution in [0.2, 0.25) is 0 Å². The van der Waals surface area contributed by atoms with E-state index >= 15 is 0 Å². The Kier molecular flexibility index (Phi) is 3.64. The average Bonchev–Trinajstić information content (AvgIpc) is 2.98. The lowest BCUT2D eigenvalue weighted by Gasteiger charge is -2.30. The van der Waals surface area contributed by atoms with Gasteiger partial charge in [0.2, 0.25) is 5.95 Å². The van der Waals surface area contributed by atoms with E-state index in [1.807, 2.05) is 0 Å². The van der Waals surface area contributed by atoms with Crippen LogP contribution in [0, 0.1) is 5.82 Å². The van der Waals surface area contributed by atoms with Gasteiger partial charge in [-0.1, -0.05) is 0 Å². The number of methoxy groups -OCH3 is 1. The summed E-state index contributed by atoms with van der Waals surface area (Å²) in [5.41, 5.74) is 0.803. The first-order valence-electron chi connectivity index (χ1n) is 6.71. The third-order valence-corrected chi connectivity index (χ3v) is 3.63. The Labute approximate surface area is 117 Å². The zero-order valence-electron chi connectivity index (χ0n) is 11.4. The molecule has 0 aliphatic carbocycles. The second-order valence-corrected chi connectivity index (χ2v) is 4.89. The summed E-state index contributed by atoms with van der Waals surface area (Å²) >= 11 is 0. The van der Waals surface area contributed by atoms with Crippen molar-refractivity contribution in [3.8, 4) is 5.69 Å². The summed E-state index contributed by atoms with van der Waals surface area (Å²) in [5.74, 6) is 0.458. The number of anilines is 1. The summed E-state index contributed by atoms with van der Waals surface area (Å²) < 4.78 is 19.9. The van der Waals surface area contributed by atoms with E-state index in [0.717, 1.165) is 31.6 Å². The van der Waals surface area contributed by atoms with Crippen molar-refractivity contribution < 1.29 is 9.13 Å². The number of nitrogens with zero attached hydrogens (tertiary/aromatic N) is 4. The highest BCUT2D eigenvalue weighted by Gasteiger charge is 2.21. The van der Waals surface area contributed by atoms with Gasteiger partial charge in [0.25, 0.3) is 0 Å². The maximum Gasteiger partial charge on any atom is 0.245 e. The van der Waals surface area contributed by atoms with Crippen LogP contribution in [-0.4, -0.2) is 41.1 Å². The van der Waals surface area contributed by atoms with Gasteiger partial charge in [0.15, 0.2) is 0 Å². The summed E-state index contributed by atoms with van der Waals surface area (Å²) in [6.07, 6.45) is 3.97. The molecule has 0 amide bonds. The van der Waals surface area contributed by atoms with Gasteiger partial charge in [-0.2, -0.15) is 4.98 Å². The number of halogens is 1. The Morgan fingerprint density at radius 1 is 1.20 bits per heavy atom. The lowest BCUT2D eigenvalue weighted by Crippen LogP contribution is -2.37. The molecule has 6 heteroatoms. The Balaban J connectivity index is 1.72. The first-order chi connectivity index (χ1) is 9.76. The Hall–Kier alpha value is -1.95. The number of ether oxygens (including phenoxy) is 1. The molecule has 0 saturated carbocycles. The minimum Gasteiger partial charge on any atom is -0.381 e. The first-order valence-corrected chi connectivity index (χ1v) is 6.71. The fraction of sp³-hybridized carbons (Fsp3) is 0.429. The fourth-order valence-corrected chi connectivity index (χ4v) is 2.41. The summed E-state index contributed by atoms with van der Waals surface area (Å²) in [6.45, 7) is 1.79. The summed E-state index contributed by atoms with van der Waals surface area (Å²) in [5, 5.41) is 4.45. The van der Waals surface area contributed by atoms with Gasteiger partial charge >= 0.3 is 0 Å². The van der Waals surface area contributed by atoms with Gasteiger partial charge in [-0.25, -0.2) is 9.07 Å². The summed E-state index contributed by atoms with van der Waals surface area (Å²) in [7, 11) is 1.75. The molecule has 1 aromatic carbocycles. The largest absolute Gasteiger partial charge is 0.381 e. The van der Waals surface area contributed by atoms with Crippen molar-refractivity contribution in [2.45, 2.75) is 18.9 Å². The monoisotopic (exact) mass is 276 g/mol. The maximum absolute atomic E-state index is 12.9. The van der Waals surface area contributed by atoms with Crippen molar-refractivity contribution >= 4 is 5.95 Å². The van der Waals surface area contributed by atoms with E-state index in [1.165, 1.54) is 12.1 Å². The molecule has 0 bridgehead atoms. The highest BCUT2D eigenvalue weighted by atomic mass is 19.1. The van der Waals surface area contributed by atoms with Crippen LogP contribution in [0.1, 0.15) is 12.8 Å². The van der Waals surface area contributed by atoms with Crippen LogP contribution in [0.15, 0.2) is 30.6 Å². The number of rotatable bonds is 3. The topological polar surface area (TPSA) is 43.2 Å². The molecule has 0 N–H and O–H groups in total. The van der Waals surface area contributed by atoms with E-state index in [-0.39, 0.29) is 5.82 Å². The predicted octanol–water partition coefficient (Wildman–Crippen LogP) is 2.02. The highest BCUT2D eigenvalue weighted by molar-refractivity contribution is 5.34. The second-order valence-electron chi connectivity index (χ2n) is 4.89. The first kappa shape index (κ1) is 13.1. The molecule has 5 nitrogen and oxygen atoms in total. The molecular formula is C14H17FN4O. The van der Waals surface area contributed by atoms with Crippen molar-refractivity contribution in [2.24, 2.45) is 0 Å². The minimum absolute atomic E-state index is 0.254. The van der Waals surface area contributed by atoms with Gasteiger partial charge in [-0.15, -0.1) is 5.10 Å². The van der Waals surface area contributed by atoms with Crippen LogP contribution in [0.4, 0.5) is 10.3 Å². The standard InChI is InChI=1S/C14H17FN4O/c1-20-13-6-8-18(9-7-13)14-16-10-19(17-14)12-4-2-11(15)3-5-12/h2-5,10,13H,6-9H2,1H3. The smallest absolute Gasteiger partial charge is 0.245 e. The lowest BCUT2D eigenvalue weighted by molar-refractivity contribution is 0.0816. The number of piperidine rings is 1. The van der Waals surface area contributed by atoms with Gasteiger partial charge < -0.3 is 9.64 Å². The number of aromatic nitrogens is 3. The zero-order valence-corrected chi connectivity index (χ0v) is 11.4. The van der Waals surface area contributed by atoms with E-state index in [4.69, 9.17) is 4.74 Å². The van der Waals surface area contributed by atoms with Crippen molar-refractivity contribution in [1.82, 2.24) is 14.8 Å². The van der Waals surface area contributed by atoms with Crippen LogP contribution < -0.4 is 4.90 Å². The molecule has 0 radical (unpaired) electrons. The molecule has 1 saturated heterocycles. The van der Waals surface area contributed by atoms with E-state index in [2.05, 4.69) is 15.0 Å². The third kappa shape index (κ3) is 2.65. The van der Waals surface area contributed by atoms with Crippen LogP contribution in [0.25, 0.3) is 5.69 Å². The van der Waals surface area contributed by atoms with Gasteiger partial charge in [-0.05, 0) is 37.1 Å². The molecule has 106 valence electrons. The normalized spacial score (nSPS) is 16.6. The zero-order chi connectivity index (χ0) is 13.9. The third-order valence-electron chi connectivity index (χ3n) is 3.63. The number of benzene rings is 1. The molecule has 2 aromatic rings. The molecule has 0 atom stereocenters. The molecule has 2 heterocycles. The van der Waals surface area contributed by atoms with E-state index in [0.29, 0.717) is 12.1 Å². The van der Waals surface area contributed by atoms with Crippen molar-refractivity contribution in [1.29, 1.82) is 0 Å². The number of hydrogen-bond donors (Lipinski definition) is 0. The van der Waals surface area contributed by atoms with Crippen molar-refractivity contribution in [3.63, 3.8) is 0 Å². The number of hydrogen-bond acceptors (Lipinski definition) is 4. The quantitative estimate of drug-likeness (QED) is 0.860. The van der Waals surface area contributed by atoms with Gasteiger partial charge in [0.05, 0.1) is 11.8 Å². The fourth-order valence-electron chi connectivity index (χ4n) is 2.41. The molecule has 1 aliphatic heterocycles. The average molecular weight is 276 g/mol. The minimum atomic E-state index is -0.254. The second kappa shape index (κ2) is 5.58. The molecule has 3 rings (SSSR count). The molecule has 0 unspecified atom stereocenters. The van der Waals surface area contributed by atoms with Crippen LogP contribution in [0.3, 0.4) is 0 Å². The molecule has 1 fully saturated rings. The molecule has 1 aliphatic rings. The molecule has 0 spiro atoms. The van der Waals surface area contributed by atoms with E-state index < -0.39 is 0 Å². The van der Waals surface area contributed by atoms with E-state index in [1.54, 1.807) is 30.3 Å². The van der Waals surface area contributed by atoms with Crippen LogP contribution in [0.5, 0.6) is 0 Å². The van der Waals surface area contributed by atoms with Crippen molar-refractivity contribution in [3.05, 3.63) is 36.4 Å². The Morgan fingerprint density at radius 3 is 2.55 bits per heavy atom. The maximum atomic E-state index is 12.9.